The summed E-state index contributed by atoms with van der Waals surface area (Å²) in [5.41, 5.74) is 1.55. The molecule has 4 rings (SSSR count). The SMILES string of the molecule is COCCCn1c(C(=O)N2CCCC[C@H]2C)cc2c(=O)n3ccccc3nc21. The van der Waals surface area contributed by atoms with Gasteiger partial charge in [-0.05, 0) is 50.8 Å². The van der Waals surface area contributed by atoms with E-state index in [0.717, 1.165) is 32.2 Å². The van der Waals surface area contributed by atoms with E-state index in [1.165, 1.54) is 4.40 Å². The molecule has 1 amide bonds. The van der Waals surface area contributed by atoms with Crippen LogP contribution in [0.5, 0.6) is 0 Å². The van der Waals surface area contributed by atoms with E-state index in [1.807, 2.05) is 21.6 Å². The Morgan fingerprint density at radius 3 is 2.96 bits per heavy atom. The molecule has 1 saturated heterocycles. The molecule has 7 nitrogen and oxygen atoms in total. The van der Waals surface area contributed by atoms with Gasteiger partial charge in [-0.25, -0.2) is 4.98 Å². The predicted molar refractivity (Wildman–Crippen MR) is 108 cm³/mol. The van der Waals surface area contributed by atoms with Crippen molar-refractivity contribution in [3.8, 4) is 0 Å². The Bertz CT molecular complexity index is 1070. The molecule has 0 saturated carbocycles. The lowest BCUT2D eigenvalue weighted by Gasteiger charge is -2.33. The van der Waals surface area contributed by atoms with Crippen molar-refractivity contribution in [3.05, 3.63) is 46.5 Å². The summed E-state index contributed by atoms with van der Waals surface area (Å²) in [5.74, 6) is -0.0175. The zero-order chi connectivity index (χ0) is 19.7. The first-order chi connectivity index (χ1) is 13.6. The molecule has 1 fully saturated rings. The van der Waals surface area contributed by atoms with Crippen LogP contribution in [0.4, 0.5) is 0 Å². The number of hydrogen-bond acceptors (Lipinski definition) is 4. The summed E-state index contributed by atoms with van der Waals surface area (Å²) in [6.45, 7) is 4.01. The monoisotopic (exact) mass is 382 g/mol. The third kappa shape index (κ3) is 3.20. The molecule has 3 aromatic rings. The summed E-state index contributed by atoms with van der Waals surface area (Å²) < 4.78 is 8.61. The number of methoxy groups -OCH3 is 1. The van der Waals surface area contributed by atoms with E-state index in [4.69, 9.17) is 9.72 Å². The smallest absolute Gasteiger partial charge is 0.270 e. The first kappa shape index (κ1) is 18.7. The molecule has 0 aromatic carbocycles. The highest BCUT2D eigenvalue weighted by atomic mass is 16.5. The molecular weight excluding hydrogens is 356 g/mol. The number of carbonyl (C=O) groups is 1. The van der Waals surface area contributed by atoms with Gasteiger partial charge in [-0.3, -0.25) is 14.0 Å². The second kappa shape index (κ2) is 7.75. The second-order valence-electron chi connectivity index (χ2n) is 7.45. The number of aryl methyl sites for hydroxylation is 1. The highest BCUT2D eigenvalue weighted by Crippen LogP contribution is 2.23. The fourth-order valence-electron chi connectivity index (χ4n) is 4.07. The highest BCUT2D eigenvalue weighted by Gasteiger charge is 2.28. The molecule has 1 atom stereocenters. The molecule has 0 bridgehead atoms. The van der Waals surface area contributed by atoms with E-state index < -0.39 is 0 Å². The van der Waals surface area contributed by atoms with Gasteiger partial charge in [0.2, 0.25) is 0 Å². The molecule has 148 valence electrons. The third-order valence-electron chi connectivity index (χ3n) is 5.59. The molecular formula is C21H26N4O3. The summed E-state index contributed by atoms with van der Waals surface area (Å²) in [6.07, 6.45) is 5.63. The lowest BCUT2D eigenvalue weighted by atomic mass is 10.0. The molecule has 28 heavy (non-hydrogen) atoms. The van der Waals surface area contributed by atoms with Gasteiger partial charge in [0.25, 0.3) is 11.5 Å². The topological polar surface area (TPSA) is 68.8 Å². The van der Waals surface area contributed by atoms with Gasteiger partial charge >= 0.3 is 0 Å². The summed E-state index contributed by atoms with van der Waals surface area (Å²) in [5, 5.41) is 0.481. The summed E-state index contributed by atoms with van der Waals surface area (Å²) in [7, 11) is 1.66. The molecule has 0 aliphatic carbocycles. The Morgan fingerprint density at radius 2 is 2.18 bits per heavy atom. The number of pyridine rings is 1. The molecule has 4 heterocycles. The summed E-state index contributed by atoms with van der Waals surface area (Å²) >= 11 is 0. The zero-order valence-corrected chi connectivity index (χ0v) is 16.4. The largest absolute Gasteiger partial charge is 0.385 e. The third-order valence-corrected chi connectivity index (χ3v) is 5.59. The minimum atomic E-state index is -0.146. The number of hydrogen-bond donors (Lipinski definition) is 0. The molecule has 0 N–H and O–H groups in total. The van der Waals surface area contributed by atoms with Crippen LogP contribution in [0.25, 0.3) is 16.7 Å². The standard InChI is InChI=1S/C21H26N4O3/c1-15-8-3-5-10-23(15)21(27)17-14-16-19(24(17)12-7-13-28-2)22-18-9-4-6-11-25(18)20(16)26/h4,6,9,11,14-15H,3,5,7-8,10,12-13H2,1-2H3/t15-/m1/s1. The van der Waals surface area contributed by atoms with E-state index >= 15 is 0 Å². The number of rotatable bonds is 5. The van der Waals surface area contributed by atoms with Crippen LogP contribution in [-0.4, -0.2) is 51.1 Å². The summed E-state index contributed by atoms with van der Waals surface area (Å²) in [4.78, 5) is 33.0. The van der Waals surface area contributed by atoms with Crippen molar-refractivity contribution in [2.24, 2.45) is 0 Å². The Balaban J connectivity index is 1.87. The van der Waals surface area contributed by atoms with Crippen LogP contribution < -0.4 is 5.56 Å². The number of ether oxygens (including phenoxy) is 1. The average molecular weight is 382 g/mol. The highest BCUT2D eigenvalue weighted by molar-refractivity contribution is 5.98. The van der Waals surface area contributed by atoms with Gasteiger partial charge in [-0.2, -0.15) is 0 Å². The minimum absolute atomic E-state index is 0.0175. The van der Waals surface area contributed by atoms with Crippen molar-refractivity contribution >= 4 is 22.6 Å². The summed E-state index contributed by atoms with van der Waals surface area (Å²) in [6, 6.07) is 7.40. The van der Waals surface area contributed by atoms with Gasteiger partial charge in [-0.15, -0.1) is 0 Å². The van der Waals surface area contributed by atoms with E-state index in [1.54, 1.807) is 25.4 Å². The second-order valence-corrected chi connectivity index (χ2v) is 7.45. The number of piperidine rings is 1. The number of carbonyl (C=O) groups excluding carboxylic acids is 1. The minimum Gasteiger partial charge on any atom is -0.385 e. The number of nitrogens with zero attached hydrogens (tertiary/aromatic N) is 4. The van der Waals surface area contributed by atoms with Crippen LogP contribution in [-0.2, 0) is 11.3 Å². The van der Waals surface area contributed by atoms with Gasteiger partial charge in [0, 0.05) is 39.0 Å². The molecule has 0 spiro atoms. The Labute approximate surface area is 163 Å². The van der Waals surface area contributed by atoms with Crippen molar-refractivity contribution in [2.75, 3.05) is 20.3 Å². The quantitative estimate of drug-likeness (QED) is 0.636. The molecule has 1 aliphatic heterocycles. The first-order valence-electron chi connectivity index (χ1n) is 9.92. The lowest BCUT2D eigenvalue weighted by molar-refractivity contribution is 0.0624. The van der Waals surface area contributed by atoms with Crippen LogP contribution in [0.15, 0.2) is 35.3 Å². The van der Waals surface area contributed by atoms with Crippen molar-refractivity contribution in [3.63, 3.8) is 0 Å². The van der Waals surface area contributed by atoms with E-state index in [0.29, 0.717) is 35.5 Å². The van der Waals surface area contributed by atoms with Crippen molar-refractivity contribution in [2.45, 2.75) is 45.2 Å². The maximum atomic E-state index is 13.4. The van der Waals surface area contributed by atoms with Crippen LogP contribution in [0.2, 0.25) is 0 Å². The fraction of sp³-hybridized carbons (Fsp3) is 0.476. The van der Waals surface area contributed by atoms with Crippen LogP contribution >= 0.6 is 0 Å². The fourth-order valence-corrected chi connectivity index (χ4v) is 4.07. The van der Waals surface area contributed by atoms with E-state index in [2.05, 4.69) is 6.92 Å². The zero-order valence-electron chi connectivity index (χ0n) is 16.4. The van der Waals surface area contributed by atoms with E-state index in [9.17, 15) is 9.59 Å². The Hall–Kier alpha value is -2.67. The number of fused-ring (bicyclic) bond motifs is 2. The molecule has 0 radical (unpaired) electrons. The first-order valence-corrected chi connectivity index (χ1v) is 9.92. The van der Waals surface area contributed by atoms with Crippen LogP contribution in [0.1, 0.15) is 43.1 Å². The number of amides is 1. The van der Waals surface area contributed by atoms with Crippen LogP contribution in [0.3, 0.4) is 0 Å². The van der Waals surface area contributed by atoms with Crippen LogP contribution in [0, 0.1) is 0 Å². The normalized spacial score (nSPS) is 17.5. The van der Waals surface area contributed by atoms with Gasteiger partial charge in [0.15, 0.2) is 0 Å². The van der Waals surface area contributed by atoms with Crippen molar-refractivity contribution < 1.29 is 9.53 Å². The molecule has 0 unspecified atom stereocenters. The predicted octanol–water partition coefficient (Wildman–Crippen LogP) is 2.70. The maximum Gasteiger partial charge on any atom is 0.270 e. The van der Waals surface area contributed by atoms with Gasteiger partial charge in [0.1, 0.15) is 17.0 Å². The van der Waals surface area contributed by atoms with Gasteiger partial charge in [0.05, 0.1) is 5.39 Å². The molecule has 7 heteroatoms. The Kier molecular flexibility index (Phi) is 5.17. The average Bonchev–Trinajstić information content (AvgIpc) is 3.07. The van der Waals surface area contributed by atoms with E-state index in [-0.39, 0.29) is 17.5 Å². The van der Waals surface area contributed by atoms with Crippen molar-refractivity contribution in [1.82, 2.24) is 18.9 Å². The number of likely N-dealkylation sites (tertiary alicyclic amines) is 1. The van der Waals surface area contributed by atoms with Gasteiger partial charge in [-0.1, -0.05) is 6.07 Å². The number of aromatic nitrogens is 3. The van der Waals surface area contributed by atoms with Crippen molar-refractivity contribution in [1.29, 1.82) is 0 Å². The molecule has 3 aromatic heterocycles. The Morgan fingerprint density at radius 1 is 1.32 bits per heavy atom. The maximum absolute atomic E-state index is 13.4. The lowest BCUT2D eigenvalue weighted by Crippen LogP contribution is -2.42. The molecule has 1 aliphatic rings. The van der Waals surface area contributed by atoms with Gasteiger partial charge < -0.3 is 14.2 Å².